The molecule has 0 spiro atoms. The number of likely N-dealkylation sites (N-methyl/N-ethyl adjacent to an activating group) is 1. The Bertz CT molecular complexity index is 673. The van der Waals surface area contributed by atoms with E-state index < -0.39 is 11.9 Å². The van der Waals surface area contributed by atoms with Crippen molar-refractivity contribution in [3.63, 3.8) is 0 Å². The Morgan fingerprint density at radius 2 is 1.84 bits per heavy atom. The van der Waals surface area contributed by atoms with E-state index >= 15 is 0 Å². The van der Waals surface area contributed by atoms with Gasteiger partial charge in [0.2, 0.25) is 5.95 Å². The van der Waals surface area contributed by atoms with Crippen LogP contribution in [0, 0.1) is 5.82 Å². The van der Waals surface area contributed by atoms with E-state index in [1.54, 1.807) is 30.6 Å². The summed E-state index contributed by atoms with van der Waals surface area (Å²) in [6, 6.07) is 6.27. The maximum atomic E-state index is 13.6. The highest BCUT2D eigenvalue weighted by Gasteiger charge is 2.16. The first-order valence-corrected chi connectivity index (χ1v) is 8.51. The van der Waals surface area contributed by atoms with Gasteiger partial charge in [0.15, 0.2) is 0 Å². The van der Waals surface area contributed by atoms with E-state index in [1.165, 1.54) is 6.07 Å². The van der Waals surface area contributed by atoms with Crippen LogP contribution in [0.15, 0.2) is 36.7 Å². The molecule has 1 fully saturated rings. The van der Waals surface area contributed by atoms with E-state index in [2.05, 4.69) is 32.1 Å². The lowest BCUT2D eigenvalue weighted by Gasteiger charge is -2.32. The third-order valence-electron chi connectivity index (χ3n) is 4.41. The first-order valence-electron chi connectivity index (χ1n) is 8.51. The van der Waals surface area contributed by atoms with E-state index in [-0.39, 0.29) is 6.54 Å². The molecule has 6 nitrogen and oxygen atoms in total. The molecule has 1 atom stereocenters. The summed E-state index contributed by atoms with van der Waals surface area (Å²) in [5, 5.41) is 13.2. The summed E-state index contributed by atoms with van der Waals surface area (Å²) in [5.41, 5.74) is 1.23. The highest BCUT2D eigenvalue weighted by Crippen LogP contribution is 2.16. The molecule has 2 heterocycles. The maximum Gasteiger partial charge on any atom is 0.225 e. The molecule has 0 aliphatic carbocycles. The van der Waals surface area contributed by atoms with Crippen molar-refractivity contribution < 1.29 is 9.50 Å². The van der Waals surface area contributed by atoms with Gasteiger partial charge in [-0.3, -0.25) is 0 Å². The highest BCUT2D eigenvalue weighted by atomic mass is 19.1. The lowest BCUT2D eigenvalue weighted by Crippen LogP contribution is -2.45. The van der Waals surface area contributed by atoms with Gasteiger partial charge in [-0.25, -0.2) is 14.4 Å². The van der Waals surface area contributed by atoms with Gasteiger partial charge >= 0.3 is 0 Å². The quantitative estimate of drug-likeness (QED) is 0.820. The fourth-order valence-electron chi connectivity index (χ4n) is 2.82. The van der Waals surface area contributed by atoms with E-state index in [4.69, 9.17) is 0 Å². The molecule has 0 amide bonds. The van der Waals surface area contributed by atoms with Gasteiger partial charge in [0.1, 0.15) is 5.82 Å². The zero-order valence-corrected chi connectivity index (χ0v) is 14.4. The molecule has 1 aromatic heterocycles. The smallest absolute Gasteiger partial charge is 0.225 e. The van der Waals surface area contributed by atoms with Crippen molar-refractivity contribution in [1.29, 1.82) is 0 Å². The molecule has 2 N–H and O–H groups in total. The first kappa shape index (κ1) is 17.7. The molecule has 0 radical (unpaired) electrons. The van der Waals surface area contributed by atoms with E-state index in [9.17, 15) is 9.50 Å². The number of nitrogens with one attached hydrogen (secondary N) is 1. The van der Waals surface area contributed by atoms with Gasteiger partial charge in [0.05, 0.1) is 6.10 Å². The summed E-state index contributed by atoms with van der Waals surface area (Å²) in [6.45, 7) is 4.68. The minimum absolute atomic E-state index is 0.265. The lowest BCUT2D eigenvalue weighted by atomic mass is 10.1. The molecule has 2 aromatic rings. The molecule has 1 aliphatic rings. The molecule has 1 saturated heterocycles. The van der Waals surface area contributed by atoms with Crippen molar-refractivity contribution in [2.45, 2.75) is 12.6 Å². The maximum absolute atomic E-state index is 13.6. The number of aromatic nitrogens is 2. The third-order valence-corrected chi connectivity index (χ3v) is 4.41. The van der Waals surface area contributed by atoms with E-state index in [1.807, 2.05) is 0 Å². The van der Waals surface area contributed by atoms with Crippen LogP contribution in [0.5, 0.6) is 0 Å². The number of hydrogen-bond donors (Lipinski definition) is 2. The van der Waals surface area contributed by atoms with Crippen LogP contribution < -0.4 is 10.2 Å². The number of rotatable bonds is 6. The number of aliphatic hydroxyl groups is 1. The minimum atomic E-state index is -0.883. The van der Waals surface area contributed by atoms with Crippen LogP contribution in [0.4, 0.5) is 10.3 Å². The zero-order chi connectivity index (χ0) is 17.6. The van der Waals surface area contributed by atoms with Gasteiger partial charge in [0, 0.05) is 62.8 Å². The average Bonchev–Trinajstić information content (AvgIpc) is 2.63. The van der Waals surface area contributed by atoms with Crippen LogP contribution in [-0.4, -0.2) is 59.7 Å². The molecule has 7 heteroatoms. The number of halogens is 1. The van der Waals surface area contributed by atoms with Crippen molar-refractivity contribution in [2.24, 2.45) is 0 Å². The molecule has 0 saturated carbocycles. The predicted molar refractivity (Wildman–Crippen MR) is 94.8 cm³/mol. The van der Waals surface area contributed by atoms with Crippen LogP contribution in [0.1, 0.15) is 17.2 Å². The van der Waals surface area contributed by atoms with Crippen molar-refractivity contribution in [2.75, 3.05) is 44.7 Å². The molecule has 25 heavy (non-hydrogen) atoms. The fraction of sp³-hybridized carbons (Fsp3) is 0.444. The highest BCUT2D eigenvalue weighted by molar-refractivity contribution is 5.30. The van der Waals surface area contributed by atoms with Crippen molar-refractivity contribution in [3.05, 3.63) is 53.6 Å². The van der Waals surface area contributed by atoms with Crippen LogP contribution in [0.25, 0.3) is 0 Å². The summed E-state index contributed by atoms with van der Waals surface area (Å²) < 4.78 is 13.6. The van der Waals surface area contributed by atoms with Crippen molar-refractivity contribution >= 4 is 5.95 Å². The molecule has 1 aliphatic heterocycles. The molecule has 0 bridgehead atoms. The van der Waals surface area contributed by atoms with Crippen molar-refractivity contribution in [1.82, 2.24) is 20.2 Å². The average molecular weight is 345 g/mol. The molecule has 134 valence electrons. The molecule has 1 unspecified atom stereocenters. The summed E-state index contributed by atoms with van der Waals surface area (Å²) in [7, 11) is 2.11. The van der Waals surface area contributed by atoms with E-state index in [0.29, 0.717) is 12.1 Å². The second-order valence-electron chi connectivity index (χ2n) is 6.35. The Morgan fingerprint density at radius 3 is 2.52 bits per heavy atom. The van der Waals surface area contributed by atoms with Gasteiger partial charge in [-0.15, -0.1) is 0 Å². The number of piperazine rings is 1. The third kappa shape index (κ3) is 4.72. The van der Waals surface area contributed by atoms with Crippen LogP contribution in [0.3, 0.4) is 0 Å². The van der Waals surface area contributed by atoms with Gasteiger partial charge in [-0.1, -0.05) is 18.2 Å². The van der Waals surface area contributed by atoms with Crippen LogP contribution in [-0.2, 0) is 6.54 Å². The molecular formula is C18H24FN5O. The predicted octanol–water partition coefficient (Wildman–Crippen LogP) is 1.19. The fourth-order valence-corrected chi connectivity index (χ4v) is 2.82. The Kier molecular flexibility index (Phi) is 5.91. The molecule has 1 aromatic carbocycles. The Morgan fingerprint density at radius 1 is 1.16 bits per heavy atom. The largest absolute Gasteiger partial charge is 0.387 e. The number of anilines is 1. The Hall–Kier alpha value is -2.09. The first-order chi connectivity index (χ1) is 12.1. The van der Waals surface area contributed by atoms with Crippen LogP contribution >= 0.6 is 0 Å². The standard InChI is InChI=1S/C18H24FN5O/c1-23-6-8-24(9-7-23)18-21-11-14(12-22-18)10-20-13-17(25)15-4-2-3-5-16(15)19/h2-5,11-12,17,20,25H,6-10,13H2,1H3. The molecule has 3 rings (SSSR count). The monoisotopic (exact) mass is 345 g/mol. The molecular weight excluding hydrogens is 321 g/mol. The Balaban J connectivity index is 1.48. The van der Waals surface area contributed by atoms with Gasteiger partial charge in [0.25, 0.3) is 0 Å². The van der Waals surface area contributed by atoms with Crippen LogP contribution in [0.2, 0.25) is 0 Å². The van der Waals surface area contributed by atoms with E-state index in [0.717, 1.165) is 37.7 Å². The number of hydrogen-bond acceptors (Lipinski definition) is 6. The lowest BCUT2D eigenvalue weighted by molar-refractivity contribution is 0.169. The minimum Gasteiger partial charge on any atom is -0.387 e. The summed E-state index contributed by atoms with van der Waals surface area (Å²) in [4.78, 5) is 13.3. The number of nitrogens with zero attached hydrogens (tertiary/aromatic N) is 4. The van der Waals surface area contributed by atoms with Crippen molar-refractivity contribution in [3.8, 4) is 0 Å². The van der Waals surface area contributed by atoms with Gasteiger partial charge in [-0.2, -0.15) is 0 Å². The SMILES string of the molecule is CN1CCN(c2ncc(CNCC(O)c3ccccc3F)cn2)CC1. The van der Waals surface area contributed by atoms with Gasteiger partial charge < -0.3 is 20.2 Å². The van der Waals surface area contributed by atoms with Gasteiger partial charge in [-0.05, 0) is 13.1 Å². The second-order valence-corrected chi connectivity index (χ2v) is 6.35. The zero-order valence-electron chi connectivity index (χ0n) is 14.4. The number of aliphatic hydroxyl groups excluding tert-OH is 1. The number of benzene rings is 1. The second kappa shape index (κ2) is 8.33. The normalized spacial score (nSPS) is 16.8. The summed E-state index contributed by atoms with van der Waals surface area (Å²) in [6.07, 6.45) is 2.71. The topological polar surface area (TPSA) is 64.5 Å². The summed E-state index contributed by atoms with van der Waals surface area (Å²) in [5.74, 6) is 0.361. The Labute approximate surface area is 147 Å². The summed E-state index contributed by atoms with van der Waals surface area (Å²) >= 11 is 0.